The number of hydrogen-bond donors (Lipinski definition) is 1. The SMILES string of the molecule is [3H][C@H]1CC(C(N)=O)[C@@H](CC)O1. The third-order valence-electron chi connectivity index (χ3n) is 1.84. The summed E-state index contributed by atoms with van der Waals surface area (Å²) in [4.78, 5) is 10.8. The molecule has 0 radical (unpaired) electrons. The van der Waals surface area contributed by atoms with Gasteiger partial charge in [0.15, 0.2) is 0 Å². The quantitative estimate of drug-likeness (QED) is 0.607. The third kappa shape index (κ3) is 1.29. The van der Waals surface area contributed by atoms with Crippen LogP contribution < -0.4 is 5.73 Å². The molecule has 1 saturated heterocycles. The van der Waals surface area contributed by atoms with Crippen LogP contribution in [0.15, 0.2) is 0 Å². The maximum atomic E-state index is 10.8. The third-order valence-corrected chi connectivity index (χ3v) is 1.84. The topological polar surface area (TPSA) is 52.3 Å². The van der Waals surface area contributed by atoms with Crippen LogP contribution in [-0.2, 0) is 9.53 Å². The van der Waals surface area contributed by atoms with Crippen molar-refractivity contribution in [1.29, 1.82) is 0 Å². The minimum absolute atomic E-state index is 0.130. The van der Waals surface area contributed by atoms with Gasteiger partial charge in [0.1, 0.15) is 0 Å². The average Bonchev–Trinajstić information content (AvgIpc) is 2.30. The van der Waals surface area contributed by atoms with Gasteiger partial charge in [-0.2, -0.15) is 0 Å². The molecule has 3 heteroatoms. The molecule has 1 aliphatic rings. The van der Waals surface area contributed by atoms with Gasteiger partial charge in [0.05, 0.1) is 13.4 Å². The fourth-order valence-electron chi connectivity index (χ4n) is 1.21. The lowest BCUT2D eigenvalue weighted by Gasteiger charge is -2.11. The molecule has 0 aromatic rings. The van der Waals surface area contributed by atoms with E-state index in [-0.39, 0.29) is 17.9 Å². The average molecular weight is 145 g/mol. The van der Waals surface area contributed by atoms with Crippen molar-refractivity contribution in [1.82, 2.24) is 0 Å². The molecule has 1 amide bonds. The molecule has 0 spiro atoms. The van der Waals surface area contributed by atoms with Crippen molar-refractivity contribution < 1.29 is 10.9 Å². The van der Waals surface area contributed by atoms with Gasteiger partial charge < -0.3 is 10.5 Å². The second kappa shape index (κ2) is 3.01. The molecule has 1 rings (SSSR count). The highest BCUT2D eigenvalue weighted by molar-refractivity contribution is 5.77. The summed E-state index contributed by atoms with van der Waals surface area (Å²) in [5.74, 6) is -0.589. The van der Waals surface area contributed by atoms with E-state index in [0.717, 1.165) is 6.42 Å². The lowest BCUT2D eigenvalue weighted by molar-refractivity contribution is -0.123. The molecular weight excluding hydrogens is 130 g/mol. The van der Waals surface area contributed by atoms with E-state index in [2.05, 4.69) is 0 Å². The van der Waals surface area contributed by atoms with E-state index in [1.54, 1.807) is 0 Å². The van der Waals surface area contributed by atoms with Crippen LogP contribution >= 0.6 is 0 Å². The maximum absolute atomic E-state index is 10.8. The normalized spacial score (nSPS) is 41.3. The first kappa shape index (κ1) is 6.16. The van der Waals surface area contributed by atoms with Gasteiger partial charge in [-0.25, -0.2) is 0 Å². The Bertz CT molecular complexity index is 163. The highest BCUT2D eigenvalue weighted by atomic mass is 16.5. The van der Waals surface area contributed by atoms with Gasteiger partial charge in [0, 0.05) is 6.58 Å². The van der Waals surface area contributed by atoms with Crippen molar-refractivity contribution in [3.8, 4) is 0 Å². The molecule has 10 heavy (non-hydrogen) atoms. The van der Waals surface area contributed by atoms with Crippen LogP contribution in [0.1, 0.15) is 21.1 Å². The van der Waals surface area contributed by atoms with Gasteiger partial charge in [0.2, 0.25) is 5.91 Å². The summed E-state index contributed by atoms with van der Waals surface area (Å²) >= 11 is 0. The molecular formula is C7H13NO2. The zero-order chi connectivity index (χ0) is 8.43. The Balaban J connectivity index is 2.57. The molecule has 1 heterocycles. The lowest BCUT2D eigenvalue weighted by Crippen LogP contribution is -2.29. The molecule has 0 saturated carbocycles. The number of primary amides is 1. The van der Waals surface area contributed by atoms with E-state index < -0.39 is 6.58 Å². The highest BCUT2D eigenvalue weighted by Crippen LogP contribution is 2.22. The smallest absolute Gasteiger partial charge is 0.223 e. The van der Waals surface area contributed by atoms with E-state index in [1.807, 2.05) is 6.92 Å². The van der Waals surface area contributed by atoms with E-state index in [4.69, 9.17) is 11.8 Å². The number of hydrogen-bond acceptors (Lipinski definition) is 2. The zero-order valence-corrected chi connectivity index (χ0v) is 6.04. The van der Waals surface area contributed by atoms with Crippen LogP contribution in [0.3, 0.4) is 0 Å². The highest BCUT2D eigenvalue weighted by Gasteiger charge is 2.30. The predicted molar refractivity (Wildman–Crippen MR) is 37.3 cm³/mol. The van der Waals surface area contributed by atoms with Crippen LogP contribution in [0.2, 0.25) is 0 Å². The standard InChI is InChI=1S/C7H13NO2/c1-2-6-5(7(8)9)3-4-10-6/h5-6H,2-4H2,1H3,(H2,8,9)/t5?,6-/m1/s1/i4T/t4-,5?,6+/m0. The molecule has 2 N–H and O–H groups in total. The minimum Gasteiger partial charge on any atom is -0.377 e. The summed E-state index contributed by atoms with van der Waals surface area (Å²) in [5, 5.41) is 0. The first-order chi connectivity index (χ1) is 5.15. The Labute approximate surface area is 61.9 Å². The fraction of sp³-hybridized carbons (Fsp3) is 0.857. The molecule has 1 aliphatic heterocycles. The first-order valence-corrected chi connectivity index (χ1v) is 3.52. The van der Waals surface area contributed by atoms with Crippen LogP contribution in [0.25, 0.3) is 0 Å². The molecule has 0 aromatic heterocycles. The van der Waals surface area contributed by atoms with Crippen LogP contribution in [0, 0.1) is 5.92 Å². The molecule has 1 unspecified atom stereocenters. The predicted octanol–water partition coefficient (Wildman–Crippen LogP) is 0.287. The van der Waals surface area contributed by atoms with Crippen LogP contribution in [0.5, 0.6) is 0 Å². The molecule has 0 aliphatic carbocycles. The molecule has 0 aromatic carbocycles. The zero-order valence-electron chi connectivity index (χ0n) is 7.04. The van der Waals surface area contributed by atoms with Crippen molar-refractivity contribution in [3.05, 3.63) is 0 Å². The molecule has 3 atom stereocenters. The number of rotatable bonds is 2. The van der Waals surface area contributed by atoms with Crippen molar-refractivity contribution in [2.24, 2.45) is 11.7 Å². The first-order valence-electron chi connectivity index (χ1n) is 4.10. The van der Waals surface area contributed by atoms with E-state index >= 15 is 0 Å². The van der Waals surface area contributed by atoms with Crippen LogP contribution in [0.4, 0.5) is 0 Å². The number of carbonyl (C=O) groups excluding carboxylic acids is 1. The number of nitrogens with two attached hydrogens (primary N) is 1. The second-order valence-electron chi connectivity index (χ2n) is 2.49. The Morgan fingerprint density at radius 2 is 2.70 bits per heavy atom. The van der Waals surface area contributed by atoms with Gasteiger partial charge >= 0.3 is 0 Å². The van der Waals surface area contributed by atoms with Crippen molar-refractivity contribution in [2.75, 3.05) is 6.58 Å². The number of carbonyl (C=O) groups is 1. The summed E-state index contributed by atoms with van der Waals surface area (Å²) in [6.07, 6.45) is 1.08. The van der Waals surface area contributed by atoms with Crippen LogP contribution in [-0.4, -0.2) is 18.6 Å². The molecule has 1 fully saturated rings. The summed E-state index contributed by atoms with van der Waals surface area (Å²) < 4.78 is 12.4. The Morgan fingerprint density at radius 1 is 2.00 bits per heavy atom. The van der Waals surface area contributed by atoms with Gasteiger partial charge in [-0.3, -0.25) is 4.79 Å². The monoisotopic (exact) mass is 145 g/mol. The number of amides is 1. The maximum Gasteiger partial charge on any atom is 0.223 e. The number of ether oxygens (including phenoxy) is 1. The minimum atomic E-state index is -0.558. The van der Waals surface area contributed by atoms with Gasteiger partial charge in [-0.1, -0.05) is 6.92 Å². The fourth-order valence-corrected chi connectivity index (χ4v) is 1.21. The van der Waals surface area contributed by atoms with Gasteiger partial charge in [-0.05, 0) is 12.8 Å². The van der Waals surface area contributed by atoms with E-state index in [0.29, 0.717) is 6.42 Å². The van der Waals surface area contributed by atoms with E-state index in [1.165, 1.54) is 0 Å². The van der Waals surface area contributed by atoms with E-state index in [9.17, 15) is 4.79 Å². The molecule has 3 nitrogen and oxygen atoms in total. The molecule has 58 valence electrons. The summed E-state index contributed by atoms with van der Waals surface area (Å²) in [6, 6.07) is 0. The molecule has 0 bridgehead atoms. The van der Waals surface area contributed by atoms with Crippen molar-refractivity contribution in [3.63, 3.8) is 0 Å². The largest absolute Gasteiger partial charge is 0.377 e. The summed E-state index contributed by atoms with van der Waals surface area (Å²) in [5.41, 5.74) is 5.12. The second-order valence-corrected chi connectivity index (χ2v) is 2.49. The lowest BCUT2D eigenvalue weighted by atomic mass is 9.99. The summed E-state index contributed by atoms with van der Waals surface area (Å²) in [7, 11) is 0. The summed E-state index contributed by atoms with van der Waals surface area (Å²) in [6.45, 7) is 1.37. The van der Waals surface area contributed by atoms with Gasteiger partial charge in [0.25, 0.3) is 0 Å². The Hall–Kier alpha value is -0.570. The van der Waals surface area contributed by atoms with Crippen molar-refractivity contribution in [2.45, 2.75) is 25.9 Å². The van der Waals surface area contributed by atoms with Crippen molar-refractivity contribution >= 4 is 5.91 Å². The Kier molecular flexibility index (Phi) is 1.86. The Morgan fingerprint density at radius 3 is 3.10 bits per heavy atom. The van der Waals surface area contributed by atoms with Gasteiger partial charge in [-0.15, -0.1) is 0 Å².